The molecule has 0 spiro atoms. The second kappa shape index (κ2) is 6.82. The van der Waals surface area contributed by atoms with Crippen LogP contribution in [0.25, 0.3) is 0 Å². The molecule has 1 aliphatic heterocycles. The van der Waals surface area contributed by atoms with E-state index >= 15 is 0 Å². The van der Waals surface area contributed by atoms with Crippen LogP contribution in [0.2, 0.25) is 0 Å². The predicted octanol–water partition coefficient (Wildman–Crippen LogP) is 4.41. The number of rotatable bonds is 4. The minimum absolute atomic E-state index is 0.0524. The third kappa shape index (κ3) is 3.79. The van der Waals surface area contributed by atoms with Gasteiger partial charge in [0.05, 0.1) is 12.1 Å². The van der Waals surface area contributed by atoms with Gasteiger partial charge in [0.2, 0.25) is 0 Å². The molecule has 120 valence electrons. The van der Waals surface area contributed by atoms with Crippen LogP contribution < -0.4 is 0 Å². The summed E-state index contributed by atoms with van der Waals surface area (Å²) in [5.74, 6) is 0.639. The second-order valence-electron chi connectivity index (χ2n) is 6.83. The van der Waals surface area contributed by atoms with Crippen molar-refractivity contribution in [1.82, 2.24) is 4.90 Å². The van der Waals surface area contributed by atoms with Crippen molar-refractivity contribution in [2.45, 2.75) is 83.6 Å². The zero-order valence-corrected chi connectivity index (χ0v) is 13.5. The van der Waals surface area contributed by atoms with Gasteiger partial charge in [-0.3, -0.25) is 4.90 Å². The van der Waals surface area contributed by atoms with Gasteiger partial charge in [0.1, 0.15) is 5.72 Å². The van der Waals surface area contributed by atoms with Crippen LogP contribution >= 0.6 is 0 Å². The van der Waals surface area contributed by atoms with E-state index in [-0.39, 0.29) is 12.1 Å². The number of amides is 1. The molecule has 4 heteroatoms. The van der Waals surface area contributed by atoms with E-state index in [4.69, 9.17) is 4.74 Å². The van der Waals surface area contributed by atoms with Gasteiger partial charge < -0.3 is 9.84 Å². The number of nitrogens with zero attached hydrogens (tertiary/aromatic N) is 1. The molecule has 0 aromatic rings. The number of carbonyl (C=O) groups is 1. The molecule has 1 amide bonds. The Morgan fingerprint density at radius 2 is 2.00 bits per heavy atom. The maximum atomic E-state index is 11.7. The maximum Gasteiger partial charge on any atom is 0.409 e. The first kappa shape index (κ1) is 16.3. The Bertz CT molecular complexity index is 385. The summed E-state index contributed by atoms with van der Waals surface area (Å²) < 4.78 is 6.04. The molecule has 0 radical (unpaired) electrons. The van der Waals surface area contributed by atoms with Gasteiger partial charge in [-0.25, -0.2) is 4.79 Å². The molecule has 0 unspecified atom stereocenters. The van der Waals surface area contributed by atoms with Crippen molar-refractivity contribution in [2.75, 3.05) is 0 Å². The molecule has 21 heavy (non-hydrogen) atoms. The van der Waals surface area contributed by atoms with Gasteiger partial charge in [0, 0.05) is 0 Å². The van der Waals surface area contributed by atoms with Gasteiger partial charge in [-0.2, -0.15) is 0 Å². The monoisotopic (exact) mass is 295 g/mol. The van der Waals surface area contributed by atoms with Crippen LogP contribution in [-0.4, -0.2) is 34.0 Å². The van der Waals surface area contributed by atoms with E-state index in [1.807, 2.05) is 13.8 Å². The molecular weight excluding hydrogens is 266 g/mol. The van der Waals surface area contributed by atoms with Gasteiger partial charge in [0.15, 0.2) is 0 Å². The normalized spacial score (nSPS) is 30.1. The topological polar surface area (TPSA) is 49.8 Å². The molecule has 1 saturated heterocycles. The Morgan fingerprint density at radius 1 is 1.33 bits per heavy atom. The largest absolute Gasteiger partial charge is 0.465 e. The number of hydrogen-bond donors (Lipinski definition) is 1. The molecule has 1 aliphatic carbocycles. The van der Waals surface area contributed by atoms with Crippen LogP contribution in [0.15, 0.2) is 12.2 Å². The summed E-state index contributed by atoms with van der Waals surface area (Å²) in [5, 5.41) is 9.61. The number of ether oxygens (including phenoxy) is 1. The van der Waals surface area contributed by atoms with E-state index in [0.29, 0.717) is 5.92 Å². The lowest BCUT2D eigenvalue weighted by atomic mass is 9.83. The maximum absolute atomic E-state index is 11.7. The number of hydrogen-bond acceptors (Lipinski definition) is 2. The summed E-state index contributed by atoms with van der Waals surface area (Å²) in [6, 6.07) is -0.0524. The van der Waals surface area contributed by atoms with Gasteiger partial charge >= 0.3 is 6.09 Å². The molecule has 1 heterocycles. The van der Waals surface area contributed by atoms with Crippen LogP contribution in [0.1, 0.15) is 65.7 Å². The Hall–Kier alpha value is -1.03. The van der Waals surface area contributed by atoms with Gasteiger partial charge in [-0.15, -0.1) is 0 Å². The SMILES string of the molecule is CCC=C[C@H]1OC(C)(C)N(C(=O)O)[C@H]1CC1CCCCC1. The minimum atomic E-state index is -0.867. The number of carboxylic acid groups (broad SMARTS) is 1. The summed E-state index contributed by atoms with van der Waals surface area (Å²) in [7, 11) is 0. The Kier molecular flexibility index (Phi) is 5.31. The van der Waals surface area contributed by atoms with Crippen molar-refractivity contribution < 1.29 is 14.6 Å². The molecule has 4 nitrogen and oxygen atoms in total. The molecule has 2 fully saturated rings. The van der Waals surface area contributed by atoms with Crippen molar-refractivity contribution in [1.29, 1.82) is 0 Å². The quantitative estimate of drug-likeness (QED) is 0.782. The molecule has 2 aliphatic rings. The molecular formula is C17H29NO3. The first-order valence-corrected chi connectivity index (χ1v) is 8.32. The first-order chi connectivity index (χ1) is 9.95. The smallest absolute Gasteiger partial charge is 0.409 e. The molecule has 1 N–H and O–H groups in total. The minimum Gasteiger partial charge on any atom is -0.465 e. The first-order valence-electron chi connectivity index (χ1n) is 8.32. The van der Waals surface area contributed by atoms with E-state index in [1.165, 1.54) is 37.0 Å². The fourth-order valence-electron chi connectivity index (χ4n) is 3.83. The highest BCUT2D eigenvalue weighted by molar-refractivity contribution is 5.67. The summed E-state index contributed by atoms with van der Waals surface area (Å²) >= 11 is 0. The van der Waals surface area contributed by atoms with Crippen LogP contribution in [0.5, 0.6) is 0 Å². The highest BCUT2D eigenvalue weighted by Gasteiger charge is 2.49. The van der Waals surface area contributed by atoms with E-state index < -0.39 is 11.8 Å². The zero-order chi connectivity index (χ0) is 15.5. The predicted molar refractivity (Wildman–Crippen MR) is 83.2 cm³/mol. The lowest BCUT2D eigenvalue weighted by Gasteiger charge is -2.33. The van der Waals surface area contributed by atoms with Crippen LogP contribution in [-0.2, 0) is 4.74 Å². The van der Waals surface area contributed by atoms with Crippen LogP contribution in [0, 0.1) is 5.92 Å². The molecule has 0 bridgehead atoms. The van der Waals surface area contributed by atoms with E-state index in [2.05, 4.69) is 19.1 Å². The lowest BCUT2D eigenvalue weighted by Crippen LogP contribution is -2.48. The molecule has 2 rings (SSSR count). The molecule has 0 aromatic carbocycles. The molecule has 0 aromatic heterocycles. The van der Waals surface area contributed by atoms with Crippen molar-refractivity contribution in [3.8, 4) is 0 Å². The molecule has 1 saturated carbocycles. The van der Waals surface area contributed by atoms with Crippen LogP contribution in [0.3, 0.4) is 0 Å². The second-order valence-corrected chi connectivity index (χ2v) is 6.83. The van der Waals surface area contributed by atoms with Gasteiger partial charge in [0.25, 0.3) is 0 Å². The number of allylic oxidation sites excluding steroid dienone is 1. The third-order valence-corrected chi connectivity index (χ3v) is 4.78. The highest BCUT2D eigenvalue weighted by atomic mass is 16.6. The zero-order valence-electron chi connectivity index (χ0n) is 13.5. The molecule has 2 atom stereocenters. The summed E-state index contributed by atoms with van der Waals surface area (Å²) in [6.07, 6.45) is 11.4. The third-order valence-electron chi connectivity index (χ3n) is 4.78. The lowest BCUT2D eigenvalue weighted by molar-refractivity contribution is -0.0562. The summed E-state index contributed by atoms with van der Waals surface area (Å²) in [6.45, 7) is 5.80. The standard InChI is InChI=1S/C17H29NO3/c1-4-5-11-15-14(12-13-9-7-6-8-10-13)18(16(19)20)17(2,3)21-15/h5,11,13-15H,4,6-10,12H2,1-3H3,(H,19,20)/t14-,15+/m0/s1. The Labute approximate surface area is 128 Å². The Balaban J connectivity index is 2.16. The highest BCUT2D eigenvalue weighted by Crippen LogP contribution is 2.38. The van der Waals surface area contributed by atoms with Gasteiger partial charge in [-0.1, -0.05) is 51.2 Å². The van der Waals surface area contributed by atoms with E-state index in [9.17, 15) is 9.90 Å². The van der Waals surface area contributed by atoms with Crippen molar-refractivity contribution in [3.05, 3.63) is 12.2 Å². The summed E-state index contributed by atoms with van der Waals surface area (Å²) in [5.41, 5.74) is -0.742. The van der Waals surface area contributed by atoms with E-state index in [1.54, 1.807) is 0 Å². The van der Waals surface area contributed by atoms with Crippen molar-refractivity contribution in [3.63, 3.8) is 0 Å². The van der Waals surface area contributed by atoms with Crippen molar-refractivity contribution >= 4 is 6.09 Å². The average molecular weight is 295 g/mol. The van der Waals surface area contributed by atoms with Crippen LogP contribution in [0.4, 0.5) is 4.79 Å². The van der Waals surface area contributed by atoms with E-state index in [0.717, 1.165) is 12.8 Å². The average Bonchev–Trinajstić information content (AvgIpc) is 2.68. The Morgan fingerprint density at radius 3 is 2.57 bits per heavy atom. The van der Waals surface area contributed by atoms with Crippen molar-refractivity contribution in [2.24, 2.45) is 5.92 Å². The van der Waals surface area contributed by atoms with Gasteiger partial charge in [-0.05, 0) is 32.6 Å². The fraction of sp³-hybridized carbons (Fsp3) is 0.824. The summed E-state index contributed by atoms with van der Waals surface area (Å²) in [4.78, 5) is 13.2. The fourth-order valence-corrected chi connectivity index (χ4v) is 3.83.